The van der Waals surface area contributed by atoms with Crippen molar-refractivity contribution in [3.63, 3.8) is 0 Å². The Balaban J connectivity index is 2.16. The molecule has 0 spiro atoms. The van der Waals surface area contributed by atoms with Crippen molar-refractivity contribution in [1.29, 1.82) is 0 Å². The van der Waals surface area contributed by atoms with Crippen molar-refractivity contribution in [1.82, 2.24) is 0 Å². The lowest BCUT2D eigenvalue weighted by molar-refractivity contribution is 0.726. The van der Waals surface area contributed by atoms with Gasteiger partial charge in [0, 0.05) is 17.6 Å². The molecule has 1 aromatic rings. The fourth-order valence-electron chi connectivity index (χ4n) is 2.02. The lowest BCUT2D eigenvalue weighted by atomic mass is 10.2. The number of para-hydroxylation sites is 1. The van der Waals surface area contributed by atoms with Crippen LogP contribution in [0.5, 0.6) is 0 Å². The van der Waals surface area contributed by atoms with Gasteiger partial charge in [-0.3, -0.25) is 0 Å². The van der Waals surface area contributed by atoms with Crippen molar-refractivity contribution >= 4 is 21.6 Å². The van der Waals surface area contributed by atoms with Crippen LogP contribution < -0.4 is 4.90 Å². The minimum absolute atomic E-state index is 1.21. The average Bonchev–Trinajstić information content (AvgIpc) is 2.47. The molecule has 0 amide bonds. The van der Waals surface area contributed by atoms with Crippen LogP contribution in [0, 0.1) is 0 Å². The van der Waals surface area contributed by atoms with Gasteiger partial charge in [0.15, 0.2) is 0 Å². The van der Waals surface area contributed by atoms with Gasteiger partial charge in [-0.2, -0.15) is 0 Å². The summed E-state index contributed by atoms with van der Waals surface area (Å²) in [6, 6.07) is 8.52. The van der Waals surface area contributed by atoms with Crippen molar-refractivity contribution in [3.05, 3.63) is 28.7 Å². The highest BCUT2D eigenvalue weighted by Crippen LogP contribution is 2.27. The fraction of sp³-hybridized carbons (Fsp3) is 0.500. The molecular formula is C12H16BrN. The van der Waals surface area contributed by atoms with Gasteiger partial charge in [0.05, 0.1) is 5.69 Å². The van der Waals surface area contributed by atoms with Gasteiger partial charge in [0.1, 0.15) is 0 Å². The standard InChI is InChI=1S/C12H16BrN/c13-11-7-3-4-8-12(11)14-9-5-1-2-6-10-14/h3-4,7-8H,1-2,5-6,9-10H2. The van der Waals surface area contributed by atoms with Crippen LogP contribution >= 0.6 is 15.9 Å². The molecule has 0 bridgehead atoms. The van der Waals surface area contributed by atoms with E-state index in [9.17, 15) is 0 Å². The van der Waals surface area contributed by atoms with Crippen LogP contribution in [0.1, 0.15) is 25.7 Å². The van der Waals surface area contributed by atoms with Gasteiger partial charge in [-0.05, 0) is 40.9 Å². The average molecular weight is 254 g/mol. The topological polar surface area (TPSA) is 3.24 Å². The van der Waals surface area contributed by atoms with E-state index in [4.69, 9.17) is 0 Å². The SMILES string of the molecule is Brc1ccccc1N1CCCCCC1. The predicted octanol–water partition coefficient (Wildman–Crippen LogP) is 3.83. The summed E-state index contributed by atoms with van der Waals surface area (Å²) in [5, 5.41) is 0. The van der Waals surface area contributed by atoms with Crippen LogP contribution in [0.4, 0.5) is 5.69 Å². The molecule has 0 saturated carbocycles. The zero-order valence-electron chi connectivity index (χ0n) is 8.38. The van der Waals surface area contributed by atoms with Gasteiger partial charge >= 0.3 is 0 Å². The van der Waals surface area contributed by atoms with Crippen LogP contribution in [0.2, 0.25) is 0 Å². The maximum absolute atomic E-state index is 3.62. The Kier molecular flexibility index (Phi) is 3.46. The van der Waals surface area contributed by atoms with Gasteiger partial charge < -0.3 is 4.90 Å². The van der Waals surface area contributed by atoms with E-state index in [-0.39, 0.29) is 0 Å². The smallest absolute Gasteiger partial charge is 0.0510 e. The third-order valence-corrected chi connectivity index (χ3v) is 3.47. The highest BCUT2D eigenvalue weighted by Gasteiger charge is 2.11. The van der Waals surface area contributed by atoms with E-state index in [0.29, 0.717) is 0 Å². The number of rotatable bonds is 1. The molecule has 1 nitrogen and oxygen atoms in total. The largest absolute Gasteiger partial charge is 0.371 e. The molecule has 76 valence electrons. The zero-order valence-corrected chi connectivity index (χ0v) is 9.96. The summed E-state index contributed by atoms with van der Waals surface area (Å²) >= 11 is 3.62. The zero-order chi connectivity index (χ0) is 9.80. The molecule has 1 aliphatic heterocycles. The third-order valence-electron chi connectivity index (χ3n) is 2.80. The maximum atomic E-state index is 3.62. The summed E-state index contributed by atoms with van der Waals surface area (Å²) < 4.78 is 1.22. The van der Waals surface area contributed by atoms with Crippen molar-refractivity contribution in [3.8, 4) is 0 Å². The van der Waals surface area contributed by atoms with E-state index in [1.165, 1.54) is 48.9 Å². The Labute approximate surface area is 94.2 Å². The number of benzene rings is 1. The van der Waals surface area contributed by atoms with E-state index in [2.05, 4.69) is 45.1 Å². The Hall–Kier alpha value is -0.500. The number of hydrogen-bond acceptors (Lipinski definition) is 1. The van der Waals surface area contributed by atoms with Crippen molar-refractivity contribution in [2.75, 3.05) is 18.0 Å². The summed E-state index contributed by atoms with van der Waals surface area (Å²) in [6.07, 6.45) is 5.45. The maximum Gasteiger partial charge on any atom is 0.0510 e. The van der Waals surface area contributed by atoms with Gasteiger partial charge in [-0.15, -0.1) is 0 Å². The first-order valence-corrected chi connectivity index (χ1v) is 6.17. The Bertz CT molecular complexity index is 290. The first-order chi connectivity index (χ1) is 6.88. The molecule has 0 aliphatic carbocycles. The van der Waals surface area contributed by atoms with Gasteiger partial charge in [0.2, 0.25) is 0 Å². The lowest BCUT2D eigenvalue weighted by Crippen LogP contribution is -2.24. The van der Waals surface area contributed by atoms with Crippen LogP contribution in [0.25, 0.3) is 0 Å². The first kappa shape index (κ1) is 10.0. The van der Waals surface area contributed by atoms with E-state index in [1.54, 1.807) is 0 Å². The van der Waals surface area contributed by atoms with E-state index in [1.807, 2.05) is 0 Å². The van der Waals surface area contributed by atoms with E-state index in [0.717, 1.165) is 0 Å². The molecule has 1 heterocycles. The molecule has 1 aliphatic rings. The quantitative estimate of drug-likeness (QED) is 0.736. The highest BCUT2D eigenvalue weighted by molar-refractivity contribution is 9.10. The molecule has 0 unspecified atom stereocenters. The molecule has 2 rings (SSSR count). The lowest BCUT2D eigenvalue weighted by Gasteiger charge is -2.23. The van der Waals surface area contributed by atoms with Gasteiger partial charge in [0.25, 0.3) is 0 Å². The van der Waals surface area contributed by atoms with Crippen LogP contribution in [-0.2, 0) is 0 Å². The molecule has 1 saturated heterocycles. The molecule has 14 heavy (non-hydrogen) atoms. The second-order valence-electron chi connectivity index (χ2n) is 3.85. The van der Waals surface area contributed by atoms with Crippen molar-refractivity contribution < 1.29 is 0 Å². The normalized spacial score (nSPS) is 17.9. The minimum Gasteiger partial charge on any atom is -0.371 e. The van der Waals surface area contributed by atoms with Crippen LogP contribution in [0.3, 0.4) is 0 Å². The monoisotopic (exact) mass is 253 g/mol. The van der Waals surface area contributed by atoms with E-state index >= 15 is 0 Å². The number of anilines is 1. The summed E-state index contributed by atoms with van der Waals surface area (Å²) in [7, 11) is 0. The predicted molar refractivity (Wildman–Crippen MR) is 64.8 cm³/mol. The second kappa shape index (κ2) is 4.83. The highest BCUT2D eigenvalue weighted by atomic mass is 79.9. The van der Waals surface area contributed by atoms with Crippen molar-refractivity contribution in [2.45, 2.75) is 25.7 Å². The fourth-order valence-corrected chi connectivity index (χ4v) is 2.56. The Morgan fingerprint density at radius 1 is 0.929 bits per heavy atom. The summed E-state index contributed by atoms with van der Waals surface area (Å²) in [5.41, 5.74) is 1.36. The molecule has 1 fully saturated rings. The van der Waals surface area contributed by atoms with Crippen LogP contribution in [0.15, 0.2) is 28.7 Å². The number of nitrogens with zero attached hydrogens (tertiary/aromatic N) is 1. The molecular weight excluding hydrogens is 238 g/mol. The molecule has 0 radical (unpaired) electrons. The molecule has 0 N–H and O–H groups in total. The summed E-state index contributed by atoms with van der Waals surface area (Å²) in [6.45, 7) is 2.42. The van der Waals surface area contributed by atoms with E-state index < -0.39 is 0 Å². The first-order valence-electron chi connectivity index (χ1n) is 5.37. The van der Waals surface area contributed by atoms with Gasteiger partial charge in [-0.25, -0.2) is 0 Å². The van der Waals surface area contributed by atoms with Crippen LogP contribution in [-0.4, -0.2) is 13.1 Å². The number of halogens is 1. The summed E-state index contributed by atoms with van der Waals surface area (Å²) in [4.78, 5) is 2.50. The molecule has 1 aromatic carbocycles. The molecule has 2 heteroatoms. The summed E-state index contributed by atoms with van der Waals surface area (Å²) in [5.74, 6) is 0. The molecule has 0 aromatic heterocycles. The molecule has 0 atom stereocenters. The minimum atomic E-state index is 1.21. The van der Waals surface area contributed by atoms with Gasteiger partial charge in [-0.1, -0.05) is 25.0 Å². The van der Waals surface area contributed by atoms with Crippen molar-refractivity contribution in [2.24, 2.45) is 0 Å². The number of hydrogen-bond donors (Lipinski definition) is 0. The Morgan fingerprint density at radius 2 is 1.57 bits per heavy atom. The third kappa shape index (κ3) is 2.30. The second-order valence-corrected chi connectivity index (χ2v) is 4.71. The Morgan fingerprint density at radius 3 is 2.21 bits per heavy atom.